The summed E-state index contributed by atoms with van der Waals surface area (Å²) in [6, 6.07) is 13.4. The van der Waals surface area contributed by atoms with Crippen LogP contribution in [0.15, 0.2) is 54.6 Å². The second kappa shape index (κ2) is 7.99. The van der Waals surface area contributed by atoms with Gasteiger partial charge < -0.3 is 9.30 Å². The van der Waals surface area contributed by atoms with E-state index < -0.39 is 30.1 Å². The summed E-state index contributed by atoms with van der Waals surface area (Å²) in [5.41, 5.74) is 1.53. The number of ketones is 1. The fraction of sp³-hybridized carbons (Fsp3) is 0.174. The first-order valence-electron chi connectivity index (χ1n) is 9.67. The van der Waals surface area contributed by atoms with E-state index in [0.29, 0.717) is 22.3 Å². The third kappa shape index (κ3) is 3.89. The largest absolute Gasteiger partial charge is 0.452 e. The third-order valence-corrected chi connectivity index (χ3v) is 5.16. The lowest BCUT2D eigenvalue weighted by molar-refractivity contribution is -0.137. The number of hydrogen-bond donors (Lipinski definition) is 1. The summed E-state index contributed by atoms with van der Waals surface area (Å²) in [6.45, 7) is 2.79. The van der Waals surface area contributed by atoms with E-state index in [4.69, 9.17) is 4.74 Å². The lowest BCUT2D eigenvalue weighted by Crippen LogP contribution is -2.15. The molecule has 4 aromatic rings. The van der Waals surface area contributed by atoms with E-state index in [-0.39, 0.29) is 16.9 Å². The van der Waals surface area contributed by atoms with Gasteiger partial charge in [-0.15, -0.1) is 0 Å². The van der Waals surface area contributed by atoms with Crippen LogP contribution in [0.25, 0.3) is 16.6 Å². The Morgan fingerprint density at radius 3 is 2.56 bits per heavy atom. The molecule has 0 bridgehead atoms. The van der Waals surface area contributed by atoms with Crippen molar-refractivity contribution in [2.24, 2.45) is 0 Å². The minimum absolute atomic E-state index is 0.0721. The van der Waals surface area contributed by atoms with E-state index in [0.717, 1.165) is 12.1 Å². The molecule has 0 amide bonds. The molecule has 0 radical (unpaired) electrons. The van der Waals surface area contributed by atoms with Gasteiger partial charge in [0.2, 0.25) is 5.78 Å². The van der Waals surface area contributed by atoms with Crippen LogP contribution in [-0.4, -0.2) is 33.1 Å². The normalized spacial score (nSPS) is 11.7. The quantitative estimate of drug-likeness (QED) is 0.348. The number of nitrogens with one attached hydrogen (secondary N) is 1. The van der Waals surface area contributed by atoms with Crippen molar-refractivity contribution in [3.8, 4) is 5.69 Å². The number of carbonyl (C=O) groups is 2. The molecule has 0 spiro atoms. The topological polar surface area (TPSA) is 77.0 Å². The number of H-pyrrole nitrogens is 1. The number of aryl methyl sites for hydroxylation is 1. The summed E-state index contributed by atoms with van der Waals surface area (Å²) in [5.74, 6) is -1.22. The molecule has 6 nitrogen and oxygen atoms in total. The van der Waals surface area contributed by atoms with Gasteiger partial charge in [-0.1, -0.05) is 24.3 Å². The number of ether oxygens (including phenoxy) is 1. The zero-order valence-corrected chi connectivity index (χ0v) is 17.2. The van der Waals surface area contributed by atoms with Gasteiger partial charge in [0.05, 0.1) is 11.1 Å². The van der Waals surface area contributed by atoms with Crippen molar-refractivity contribution in [1.29, 1.82) is 0 Å². The molecule has 0 saturated carbocycles. The second-order valence-electron chi connectivity index (χ2n) is 7.29. The number of esters is 1. The van der Waals surface area contributed by atoms with Crippen LogP contribution < -0.4 is 0 Å². The van der Waals surface area contributed by atoms with Gasteiger partial charge in [-0.2, -0.15) is 18.3 Å². The molecule has 1 N–H and O–H groups in total. The molecular formula is C23H18F3N3O3. The lowest BCUT2D eigenvalue weighted by atomic mass is 10.1. The minimum Gasteiger partial charge on any atom is -0.452 e. The Hall–Kier alpha value is -3.88. The highest BCUT2D eigenvalue weighted by atomic mass is 19.4. The zero-order valence-electron chi connectivity index (χ0n) is 17.2. The monoisotopic (exact) mass is 441 g/mol. The summed E-state index contributed by atoms with van der Waals surface area (Å²) in [7, 11) is 0. The molecule has 4 rings (SSSR count). The number of rotatable bonds is 5. The van der Waals surface area contributed by atoms with Crippen LogP contribution in [0.1, 0.15) is 37.8 Å². The average molecular weight is 441 g/mol. The van der Waals surface area contributed by atoms with Gasteiger partial charge in [-0.25, -0.2) is 4.79 Å². The maximum Gasteiger partial charge on any atom is 0.416 e. The Morgan fingerprint density at radius 1 is 1.06 bits per heavy atom. The highest BCUT2D eigenvalue weighted by Crippen LogP contribution is 2.31. The maximum absolute atomic E-state index is 13.1. The van der Waals surface area contributed by atoms with Gasteiger partial charge in [0, 0.05) is 28.0 Å². The lowest BCUT2D eigenvalue weighted by Gasteiger charge is -2.13. The number of alkyl halides is 3. The molecule has 9 heteroatoms. The summed E-state index contributed by atoms with van der Waals surface area (Å²) >= 11 is 0. The first-order chi connectivity index (χ1) is 15.2. The number of halogens is 3. The number of carbonyl (C=O) groups excluding carboxylic acids is 2. The second-order valence-corrected chi connectivity index (χ2v) is 7.29. The summed E-state index contributed by atoms with van der Waals surface area (Å²) < 4.78 is 46.0. The minimum atomic E-state index is -4.48. The van der Waals surface area contributed by atoms with Crippen LogP contribution >= 0.6 is 0 Å². The van der Waals surface area contributed by atoms with Crippen LogP contribution in [0, 0.1) is 13.8 Å². The van der Waals surface area contributed by atoms with Crippen LogP contribution in [0.5, 0.6) is 0 Å². The molecule has 0 aliphatic heterocycles. The van der Waals surface area contributed by atoms with Gasteiger partial charge in [-0.3, -0.25) is 9.89 Å². The molecule has 164 valence electrons. The third-order valence-electron chi connectivity index (χ3n) is 5.16. The SMILES string of the molecule is Cc1cc(C(=O)COC(=O)c2n[nH]c3ccccc23)c(C)n1-c1cccc(C(F)(F)F)c1. The zero-order chi connectivity index (χ0) is 23.0. The number of nitrogens with zero attached hydrogens (tertiary/aromatic N) is 2. The summed E-state index contributed by atoms with van der Waals surface area (Å²) in [5, 5.41) is 7.24. The van der Waals surface area contributed by atoms with Crippen LogP contribution in [-0.2, 0) is 10.9 Å². The molecule has 2 heterocycles. The number of Topliss-reactive ketones (excluding diaryl/α,β-unsaturated/α-hetero) is 1. The molecular weight excluding hydrogens is 423 g/mol. The van der Waals surface area contributed by atoms with Crippen LogP contribution in [0.2, 0.25) is 0 Å². The summed E-state index contributed by atoms with van der Waals surface area (Å²) in [4.78, 5) is 25.1. The van der Waals surface area contributed by atoms with Crippen molar-refractivity contribution in [2.75, 3.05) is 6.61 Å². The van der Waals surface area contributed by atoms with Gasteiger partial charge in [0.1, 0.15) is 0 Å². The van der Waals surface area contributed by atoms with E-state index >= 15 is 0 Å². The van der Waals surface area contributed by atoms with Crippen molar-refractivity contribution in [1.82, 2.24) is 14.8 Å². The number of aromatic nitrogens is 3. The molecule has 0 unspecified atom stereocenters. The molecule has 32 heavy (non-hydrogen) atoms. The van der Waals surface area contributed by atoms with Crippen molar-refractivity contribution < 1.29 is 27.5 Å². The van der Waals surface area contributed by atoms with Crippen LogP contribution in [0.4, 0.5) is 13.2 Å². The predicted octanol–water partition coefficient (Wildman–Crippen LogP) is 5.03. The first-order valence-corrected chi connectivity index (χ1v) is 9.67. The molecule has 0 aliphatic carbocycles. The summed E-state index contributed by atoms with van der Waals surface area (Å²) in [6.07, 6.45) is -4.48. The molecule has 0 fully saturated rings. The number of hydrogen-bond acceptors (Lipinski definition) is 4. The number of para-hydroxylation sites is 1. The predicted molar refractivity (Wildman–Crippen MR) is 111 cm³/mol. The van der Waals surface area contributed by atoms with E-state index in [2.05, 4.69) is 10.2 Å². The molecule has 0 aliphatic rings. The number of benzene rings is 2. The van der Waals surface area contributed by atoms with Gasteiger partial charge >= 0.3 is 12.1 Å². The van der Waals surface area contributed by atoms with Crippen molar-refractivity contribution in [2.45, 2.75) is 20.0 Å². The highest BCUT2D eigenvalue weighted by Gasteiger charge is 2.31. The van der Waals surface area contributed by atoms with E-state index in [1.807, 2.05) is 0 Å². The first kappa shape index (κ1) is 21.4. The highest BCUT2D eigenvalue weighted by molar-refractivity contribution is 6.04. The van der Waals surface area contributed by atoms with E-state index in [9.17, 15) is 22.8 Å². The standard InChI is InChI=1S/C23H18F3N3O3/c1-13-10-18(14(2)29(13)16-7-5-6-15(11-16)23(24,25)26)20(30)12-32-22(31)21-17-8-3-4-9-19(17)27-28-21/h3-11H,12H2,1-2H3,(H,27,28). The molecule has 2 aromatic carbocycles. The van der Waals surface area contributed by atoms with Gasteiger partial charge in [-0.05, 0) is 44.2 Å². The fourth-order valence-electron chi connectivity index (χ4n) is 3.66. The van der Waals surface area contributed by atoms with E-state index in [1.165, 1.54) is 12.1 Å². The van der Waals surface area contributed by atoms with Gasteiger partial charge in [0.25, 0.3) is 0 Å². The Bertz CT molecular complexity index is 1340. The Labute approximate surface area is 180 Å². The van der Waals surface area contributed by atoms with Crippen LogP contribution in [0.3, 0.4) is 0 Å². The Morgan fingerprint density at radius 2 is 1.81 bits per heavy atom. The van der Waals surface area contributed by atoms with Gasteiger partial charge in [0.15, 0.2) is 12.3 Å². The molecule has 0 atom stereocenters. The van der Waals surface area contributed by atoms with E-state index in [1.54, 1.807) is 48.7 Å². The van der Waals surface area contributed by atoms with Crippen molar-refractivity contribution in [3.63, 3.8) is 0 Å². The fourth-order valence-corrected chi connectivity index (χ4v) is 3.66. The smallest absolute Gasteiger partial charge is 0.416 e. The average Bonchev–Trinajstić information content (AvgIpc) is 3.32. The maximum atomic E-state index is 13.1. The number of fused-ring (bicyclic) bond motifs is 1. The Kier molecular flexibility index (Phi) is 5.33. The molecule has 2 aromatic heterocycles. The molecule has 0 saturated heterocycles. The Balaban J connectivity index is 1.55. The number of aromatic amines is 1. The van der Waals surface area contributed by atoms with Crippen molar-refractivity contribution >= 4 is 22.7 Å². The van der Waals surface area contributed by atoms with Crippen molar-refractivity contribution in [3.05, 3.63) is 82.8 Å².